The van der Waals surface area contributed by atoms with Gasteiger partial charge in [-0.25, -0.2) is 0 Å². The summed E-state index contributed by atoms with van der Waals surface area (Å²) in [5.74, 6) is 0.0307. The molecule has 4 rings (SSSR count). The lowest BCUT2D eigenvalue weighted by molar-refractivity contribution is -0.0349. The van der Waals surface area contributed by atoms with Crippen LogP contribution in [0.4, 0.5) is 0 Å². The van der Waals surface area contributed by atoms with Crippen LogP contribution >= 0.6 is 0 Å². The molecule has 2 aromatic rings. The van der Waals surface area contributed by atoms with Gasteiger partial charge in [0.15, 0.2) is 0 Å². The number of ether oxygens (including phenoxy) is 1. The number of benzene rings is 1. The summed E-state index contributed by atoms with van der Waals surface area (Å²) in [5, 5.41) is 3.29. The lowest BCUT2D eigenvalue weighted by atomic mass is 9.86. The maximum absolute atomic E-state index is 13.2. The van der Waals surface area contributed by atoms with Crippen LogP contribution in [0.1, 0.15) is 53.8 Å². The van der Waals surface area contributed by atoms with Gasteiger partial charge in [0.1, 0.15) is 0 Å². The van der Waals surface area contributed by atoms with Crippen molar-refractivity contribution in [2.75, 3.05) is 32.8 Å². The van der Waals surface area contributed by atoms with Crippen molar-refractivity contribution in [2.45, 2.75) is 51.5 Å². The fourth-order valence-electron chi connectivity index (χ4n) is 5.03. The Morgan fingerprint density at radius 1 is 1.07 bits per heavy atom. The van der Waals surface area contributed by atoms with Gasteiger partial charge in [0.2, 0.25) is 0 Å². The van der Waals surface area contributed by atoms with Crippen molar-refractivity contribution < 1.29 is 9.53 Å². The third kappa shape index (κ3) is 4.12. The molecule has 5 nitrogen and oxygen atoms in total. The highest BCUT2D eigenvalue weighted by molar-refractivity contribution is 5.96. The molecule has 2 aliphatic heterocycles. The number of likely N-dealkylation sites (tertiary alicyclic amines) is 1. The molecule has 2 fully saturated rings. The quantitative estimate of drug-likeness (QED) is 0.836. The van der Waals surface area contributed by atoms with E-state index in [-0.39, 0.29) is 11.4 Å². The lowest BCUT2D eigenvalue weighted by Crippen LogP contribution is -2.59. The number of para-hydroxylation sites is 1. The minimum atomic E-state index is 0.0307. The van der Waals surface area contributed by atoms with E-state index >= 15 is 0 Å². The molecule has 156 valence electrons. The molecule has 29 heavy (non-hydrogen) atoms. The summed E-state index contributed by atoms with van der Waals surface area (Å²) in [5.41, 5.74) is 3.98. The predicted octanol–water partition coefficient (Wildman–Crippen LogP) is 3.86. The summed E-state index contributed by atoms with van der Waals surface area (Å²) < 4.78 is 7.81. The number of hydrogen-bond donors (Lipinski definition) is 1. The molecule has 3 heterocycles. The highest BCUT2D eigenvalue weighted by Gasteiger charge is 2.39. The van der Waals surface area contributed by atoms with Crippen LogP contribution in [-0.2, 0) is 4.74 Å². The second kappa shape index (κ2) is 8.72. The number of nitrogens with zero attached hydrogens (tertiary/aromatic N) is 2. The van der Waals surface area contributed by atoms with Gasteiger partial charge in [0.25, 0.3) is 5.91 Å². The number of carbonyl (C=O) groups excluding carboxylic acids is 1. The fraction of sp³-hybridized carbons (Fsp3) is 0.542. The van der Waals surface area contributed by atoms with Crippen molar-refractivity contribution in [3.8, 4) is 5.69 Å². The Balaban J connectivity index is 1.51. The first-order valence-corrected chi connectivity index (χ1v) is 11.0. The first kappa shape index (κ1) is 20.2. The number of nitrogens with one attached hydrogen (secondary N) is 1. The van der Waals surface area contributed by atoms with Crippen LogP contribution in [0.25, 0.3) is 5.69 Å². The van der Waals surface area contributed by atoms with E-state index < -0.39 is 0 Å². The lowest BCUT2D eigenvalue weighted by Gasteiger charge is -2.48. The molecule has 0 spiro atoms. The molecule has 0 saturated carbocycles. The van der Waals surface area contributed by atoms with Gasteiger partial charge in [-0.3, -0.25) is 9.69 Å². The van der Waals surface area contributed by atoms with E-state index in [2.05, 4.69) is 33.8 Å². The van der Waals surface area contributed by atoms with Gasteiger partial charge < -0.3 is 14.6 Å². The molecule has 2 saturated heterocycles. The van der Waals surface area contributed by atoms with Gasteiger partial charge in [0, 0.05) is 42.4 Å². The third-order valence-electron chi connectivity index (χ3n) is 6.72. The number of aryl methyl sites for hydroxylation is 1. The first-order chi connectivity index (χ1) is 14.1. The Morgan fingerprint density at radius 2 is 1.76 bits per heavy atom. The van der Waals surface area contributed by atoms with Crippen molar-refractivity contribution in [2.24, 2.45) is 0 Å². The summed E-state index contributed by atoms with van der Waals surface area (Å²) in [4.78, 5) is 15.8. The van der Waals surface area contributed by atoms with E-state index in [1.807, 2.05) is 31.2 Å². The van der Waals surface area contributed by atoms with E-state index in [1.165, 1.54) is 19.3 Å². The molecular formula is C24H33N3O2. The maximum Gasteiger partial charge on any atom is 0.253 e. The fourth-order valence-corrected chi connectivity index (χ4v) is 5.03. The van der Waals surface area contributed by atoms with Crippen LogP contribution in [0.2, 0.25) is 0 Å². The van der Waals surface area contributed by atoms with E-state index in [9.17, 15) is 4.79 Å². The molecule has 2 aliphatic rings. The van der Waals surface area contributed by atoms with Gasteiger partial charge in [-0.05, 0) is 70.8 Å². The second-order valence-electron chi connectivity index (χ2n) is 8.52. The average molecular weight is 396 g/mol. The molecule has 0 aliphatic carbocycles. The maximum atomic E-state index is 13.2. The molecule has 0 bridgehead atoms. The SMILES string of the molecule is Cc1cc(C(=O)NCC2(N3CCCCC3)CCOCC2)c(C)n1-c1ccccc1. The molecule has 5 heteroatoms. The van der Waals surface area contributed by atoms with E-state index in [0.717, 1.165) is 61.8 Å². The van der Waals surface area contributed by atoms with E-state index in [0.29, 0.717) is 6.54 Å². The first-order valence-electron chi connectivity index (χ1n) is 11.0. The summed E-state index contributed by atoms with van der Waals surface area (Å²) in [6, 6.07) is 12.2. The molecule has 0 atom stereocenters. The van der Waals surface area contributed by atoms with Crippen molar-refractivity contribution in [1.82, 2.24) is 14.8 Å². The number of hydrogen-bond acceptors (Lipinski definition) is 3. The standard InChI is InChI=1S/C24H33N3O2/c1-19-17-22(20(2)27(19)21-9-5-3-6-10-21)23(28)25-18-24(11-15-29-16-12-24)26-13-7-4-8-14-26/h3,5-6,9-10,17H,4,7-8,11-16,18H2,1-2H3,(H,25,28). The zero-order valence-electron chi connectivity index (χ0n) is 17.7. The summed E-state index contributed by atoms with van der Waals surface area (Å²) >= 11 is 0. The largest absolute Gasteiger partial charge is 0.381 e. The topological polar surface area (TPSA) is 46.5 Å². The number of amides is 1. The van der Waals surface area contributed by atoms with Crippen LogP contribution in [0, 0.1) is 13.8 Å². The van der Waals surface area contributed by atoms with Gasteiger partial charge in [-0.15, -0.1) is 0 Å². The Bertz CT molecular complexity index is 831. The molecule has 1 aromatic heterocycles. The smallest absolute Gasteiger partial charge is 0.253 e. The Hall–Kier alpha value is -2.11. The number of rotatable bonds is 5. The van der Waals surface area contributed by atoms with E-state index in [1.54, 1.807) is 0 Å². The molecular weight excluding hydrogens is 362 g/mol. The molecule has 1 aromatic carbocycles. The highest BCUT2D eigenvalue weighted by Crippen LogP contribution is 2.30. The van der Waals surface area contributed by atoms with Crippen LogP contribution in [-0.4, -0.2) is 53.8 Å². The average Bonchev–Trinajstić information content (AvgIpc) is 3.08. The molecule has 0 radical (unpaired) electrons. The normalized spacial score (nSPS) is 19.8. The summed E-state index contributed by atoms with van der Waals surface area (Å²) in [6.45, 7) is 8.64. The van der Waals surface area contributed by atoms with Crippen LogP contribution in [0.15, 0.2) is 36.4 Å². The Labute approximate surface area is 174 Å². The number of piperidine rings is 1. The Morgan fingerprint density at radius 3 is 2.45 bits per heavy atom. The van der Waals surface area contributed by atoms with E-state index in [4.69, 9.17) is 4.74 Å². The van der Waals surface area contributed by atoms with Crippen molar-refractivity contribution >= 4 is 5.91 Å². The number of aromatic nitrogens is 1. The predicted molar refractivity (Wildman–Crippen MR) is 116 cm³/mol. The summed E-state index contributed by atoms with van der Waals surface area (Å²) in [7, 11) is 0. The molecule has 1 N–H and O–H groups in total. The monoisotopic (exact) mass is 395 g/mol. The van der Waals surface area contributed by atoms with Crippen molar-refractivity contribution in [1.29, 1.82) is 0 Å². The second-order valence-corrected chi connectivity index (χ2v) is 8.52. The van der Waals surface area contributed by atoms with Crippen LogP contribution in [0.3, 0.4) is 0 Å². The van der Waals surface area contributed by atoms with Crippen molar-refractivity contribution in [3.63, 3.8) is 0 Å². The van der Waals surface area contributed by atoms with Gasteiger partial charge in [-0.1, -0.05) is 24.6 Å². The van der Waals surface area contributed by atoms with Gasteiger partial charge >= 0.3 is 0 Å². The van der Waals surface area contributed by atoms with Crippen LogP contribution < -0.4 is 5.32 Å². The molecule has 0 unspecified atom stereocenters. The van der Waals surface area contributed by atoms with Gasteiger partial charge in [0.05, 0.1) is 5.56 Å². The zero-order valence-corrected chi connectivity index (χ0v) is 17.7. The Kier molecular flexibility index (Phi) is 6.07. The van der Waals surface area contributed by atoms with Gasteiger partial charge in [-0.2, -0.15) is 0 Å². The molecule has 1 amide bonds. The number of carbonyl (C=O) groups is 1. The van der Waals surface area contributed by atoms with Crippen molar-refractivity contribution in [3.05, 3.63) is 53.3 Å². The van der Waals surface area contributed by atoms with Crippen LogP contribution in [0.5, 0.6) is 0 Å². The zero-order chi connectivity index (χ0) is 20.3. The summed E-state index contributed by atoms with van der Waals surface area (Å²) in [6.07, 6.45) is 5.83. The highest BCUT2D eigenvalue weighted by atomic mass is 16.5. The minimum Gasteiger partial charge on any atom is -0.381 e. The minimum absolute atomic E-state index is 0.0307. The third-order valence-corrected chi connectivity index (χ3v) is 6.72.